The van der Waals surface area contributed by atoms with E-state index < -0.39 is 0 Å². The van der Waals surface area contributed by atoms with Gasteiger partial charge in [-0.2, -0.15) is 0 Å². The molecular weight excluding hydrogens is 467 g/mol. The van der Waals surface area contributed by atoms with Gasteiger partial charge in [0.25, 0.3) is 0 Å². The van der Waals surface area contributed by atoms with E-state index in [0.29, 0.717) is 35.9 Å². The van der Waals surface area contributed by atoms with Crippen LogP contribution < -0.4 is 20.9 Å². The van der Waals surface area contributed by atoms with E-state index in [1.165, 1.54) is 56.0 Å². The first-order valence-corrected chi connectivity index (χ1v) is 13.0. The molecule has 0 aliphatic carbocycles. The number of ketones is 1. The second kappa shape index (κ2) is 15.3. The summed E-state index contributed by atoms with van der Waals surface area (Å²) in [5.41, 5.74) is 14.2. The van der Waals surface area contributed by atoms with E-state index in [9.17, 15) is 9.18 Å². The van der Waals surface area contributed by atoms with Gasteiger partial charge in [0.1, 0.15) is 17.3 Å². The molecule has 6 heteroatoms. The average Bonchev–Trinajstić information content (AvgIpc) is 2.90. The SMILES string of the molecule is Nc1ccc(OCCCCCCCCCCOc2ccc(C=CC(=O)c3ccc(F)cc3)cc2)c(N)c1. The fourth-order valence-corrected chi connectivity index (χ4v) is 3.89. The van der Waals surface area contributed by atoms with Gasteiger partial charge in [0.2, 0.25) is 0 Å². The predicted octanol–water partition coefficient (Wildman–Crippen LogP) is 7.46. The van der Waals surface area contributed by atoms with E-state index in [2.05, 4.69) is 0 Å². The maximum Gasteiger partial charge on any atom is 0.185 e. The molecule has 4 N–H and O–H groups in total. The van der Waals surface area contributed by atoms with Crippen LogP contribution >= 0.6 is 0 Å². The molecule has 37 heavy (non-hydrogen) atoms. The first kappa shape index (κ1) is 27.8. The van der Waals surface area contributed by atoms with Crippen LogP contribution in [-0.4, -0.2) is 19.0 Å². The summed E-state index contributed by atoms with van der Waals surface area (Å²) >= 11 is 0. The summed E-state index contributed by atoms with van der Waals surface area (Å²) in [6.45, 7) is 1.38. The van der Waals surface area contributed by atoms with Crippen LogP contribution in [-0.2, 0) is 0 Å². The normalized spacial score (nSPS) is 11.1. The lowest BCUT2D eigenvalue weighted by molar-refractivity contribution is 0.104. The van der Waals surface area contributed by atoms with Gasteiger partial charge in [0.15, 0.2) is 5.78 Å². The molecule has 0 spiro atoms. The van der Waals surface area contributed by atoms with E-state index in [-0.39, 0.29) is 11.6 Å². The van der Waals surface area contributed by atoms with Crippen LogP contribution in [0.2, 0.25) is 0 Å². The van der Waals surface area contributed by atoms with Crippen LogP contribution in [0, 0.1) is 5.82 Å². The third-order valence-corrected chi connectivity index (χ3v) is 6.03. The second-order valence-corrected chi connectivity index (χ2v) is 9.10. The lowest BCUT2D eigenvalue weighted by Gasteiger charge is -2.09. The predicted molar refractivity (Wildman–Crippen MR) is 149 cm³/mol. The Bertz CT molecular complexity index is 1130. The highest BCUT2D eigenvalue weighted by Gasteiger charge is 2.02. The van der Waals surface area contributed by atoms with Crippen molar-refractivity contribution in [1.29, 1.82) is 0 Å². The molecule has 0 aliphatic heterocycles. The molecule has 0 amide bonds. The number of allylic oxidation sites excluding steroid dienone is 1. The molecular formula is C31H37FN2O3. The highest BCUT2D eigenvalue weighted by molar-refractivity contribution is 6.06. The number of halogens is 1. The monoisotopic (exact) mass is 504 g/mol. The van der Waals surface area contributed by atoms with Crippen molar-refractivity contribution in [3.8, 4) is 11.5 Å². The quantitative estimate of drug-likeness (QED) is 0.0914. The summed E-state index contributed by atoms with van der Waals surface area (Å²) in [5.74, 6) is 1.02. The highest BCUT2D eigenvalue weighted by atomic mass is 19.1. The summed E-state index contributed by atoms with van der Waals surface area (Å²) in [7, 11) is 0. The van der Waals surface area contributed by atoms with E-state index in [0.717, 1.165) is 37.0 Å². The third kappa shape index (κ3) is 10.4. The topological polar surface area (TPSA) is 87.6 Å². The molecule has 3 aromatic rings. The highest BCUT2D eigenvalue weighted by Crippen LogP contribution is 2.24. The van der Waals surface area contributed by atoms with Crippen molar-refractivity contribution in [2.45, 2.75) is 51.4 Å². The lowest BCUT2D eigenvalue weighted by atomic mass is 10.1. The van der Waals surface area contributed by atoms with Gasteiger partial charge in [0.05, 0.1) is 18.9 Å². The minimum atomic E-state index is -0.355. The zero-order valence-corrected chi connectivity index (χ0v) is 21.3. The zero-order chi connectivity index (χ0) is 26.3. The van der Waals surface area contributed by atoms with Gasteiger partial charge in [0, 0.05) is 11.3 Å². The maximum atomic E-state index is 13.0. The number of rotatable bonds is 16. The Labute approximate surface area is 219 Å². The fourth-order valence-electron chi connectivity index (χ4n) is 3.89. The number of unbranched alkanes of at least 4 members (excludes halogenated alkanes) is 7. The van der Waals surface area contributed by atoms with Crippen LogP contribution in [0.4, 0.5) is 15.8 Å². The van der Waals surface area contributed by atoms with Crippen molar-refractivity contribution in [2.24, 2.45) is 0 Å². The minimum absolute atomic E-state index is 0.158. The van der Waals surface area contributed by atoms with Gasteiger partial charge in [-0.05, 0) is 79.1 Å². The number of hydrogen-bond acceptors (Lipinski definition) is 5. The summed E-state index contributed by atoms with van der Waals surface area (Å²) in [5, 5.41) is 0. The van der Waals surface area contributed by atoms with Crippen LogP contribution in [0.15, 0.2) is 72.8 Å². The molecule has 0 saturated heterocycles. The van der Waals surface area contributed by atoms with Gasteiger partial charge >= 0.3 is 0 Å². The van der Waals surface area contributed by atoms with E-state index in [1.54, 1.807) is 18.2 Å². The van der Waals surface area contributed by atoms with E-state index in [1.807, 2.05) is 30.3 Å². The summed E-state index contributed by atoms with van der Waals surface area (Å²) in [6, 6.07) is 18.5. The molecule has 196 valence electrons. The maximum absolute atomic E-state index is 13.0. The Kier molecular flexibility index (Phi) is 11.5. The van der Waals surface area contributed by atoms with Gasteiger partial charge in [-0.25, -0.2) is 4.39 Å². The summed E-state index contributed by atoms with van der Waals surface area (Å²) in [6.07, 6.45) is 12.5. The number of carbonyl (C=O) groups excluding carboxylic acids is 1. The first-order chi connectivity index (χ1) is 18.0. The molecule has 0 heterocycles. The fraction of sp³-hybridized carbons (Fsp3) is 0.323. The standard InChI is InChI=1S/C31H37FN2O3/c32-26-14-12-25(13-15-26)30(35)19-11-24-9-17-28(18-10-24)36-21-7-5-3-1-2-4-6-8-22-37-31-20-16-27(33)23-29(31)34/h9-20,23H,1-8,21-22,33-34H2. The molecule has 0 aromatic heterocycles. The smallest absolute Gasteiger partial charge is 0.185 e. The van der Waals surface area contributed by atoms with Gasteiger partial charge in [-0.3, -0.25) is 4.79 Å². The van der Waals surface area contributed by atoms with Gasteiger partial charge in [-0.15, -0.1) is 0 Å². The molecule has 3 aromatic carbocycles. The van der Waals surface area contributed by atoms with E-state index in [4.69, 9.17) is 20.9 Å². The molecule has 3 rings (SSSR count). The molecule has 0 aliphatic rings. The van der Waals surface area contributed by atoms with Crippen molar-refractivity contribution >= 4 is 23.2 Å². The van der Waals surface area contributed by atoms with Crippen molar-refractivity contribution in [3.63, 3.8) is 0 Å². The zero-order valence-electron chi connectivity index (χ0n) is 21.3. The Morgan fingerprint density at radius 2 is 1.32 bits per heavy atom. The first-order valence-electron chi connectivity index (χ1n) is 13.0. The Hall–Kier alpha value is -3.80. The van der Waals surface area contributed by atoms with Crippen LogP contribution in [0.5, 0.6) is 11.5 Å². The number of hydrogen-bond donors (Lipinski definition) is 2. The summed E-state index contributed by atoms with van der Waals surface area (Å²) < 4.78 is 24.5. The van der Waals surface area contributed by atoms with Crippen LogP contribution in [0.3, 0.4) is 0 Å². The Morgan fingerprint density at radius 3 is 1.95 bits per heavy atom. The second-order valence-electron chi connectivity index (χ2n) is 9.10. The molecule has 0 fully saturated rings. The number of carbonyl (C=O) groups is 1. The van der Waals surface area contributed by atoms with Crippen LogP contribution in [0.1, 0.15) is 67.3 Å². The number of anilines is 2. The number of benzene rings is 3. The number of nitrogen functional groups attached to an aromatic ring is 2. The molecule has 0 unspecified atom stereocenters. The van der Waals surface area contributed by atoms with Crippen molar-refractivity contribution in [2.75, 3.05) is 24.7 Å². The van der Waals surface area contributed by atoms with Gasteiger partial charge in [-0.1, -0.05) is 56.7 Å². The van der Waals surface area contributed by atoms with Crippen LogP contribution in [0.25, 0.3) is 6.08 Å². The Morgan fingerprint density at radius 1 is 0.730 bits per heavy atom. The Balaban J connectivity index is 1.18. The van der Waals surface area contributed by atoms with Crippen molar-refractivity contribution < 1.29 is 18.7 Å². The molecule has 0 radical (unpaired) electrons. The molecule has 0 saturated carbocycles. The lowest BCUT2D eigenvalue weighted by Crippen LogP contribution is -2.01. The van der Waals surface area contributed by atoms with Crippen molar-refractivity contribution in [1.82, 2.24) is 0 Å². The van der Waals surface area contributed by atoms with E-state index >= 15 is 0 Å². The number of nitrogens with two attached hydrogens (primary N) is 2. The van der Waals surface area contributed by atoms with Gasteiger partial charge < -0.3 is 20.9 Å². The minimum Gasteiger partial charge on any atom is -0.494 e. The third-order valence-electron chi connectivity index (χ3n) is 6.03. The summed E-state index contributed by atoms with van der Waals surface area (Å²) in [4.78, 5) is 12.1. The number of ether oxygens (including phenoxy) is 2. The molecule has 0 bridgehead atoms. The largest absolute Gasteiger partial charge is 0.494 e. The van der Waals surface area contributed by atoms with Crippen molar-refractivity contribution in [3.05, 3.63) is 89.8 Å². The average molecular weight is 505 g/mol. The molecule has 0 atom stereocenters. The molecule has 5 nitrogen and oxygen atoms in total.